The van der Waals surface area contributed by atoms with Crippen molar-refractivity contribution in [1.82, 2.24) is 4.90 Å². The second-order valence-corrected chi connectivity index (χ2v) is 20.3. The predicted octanol–water partition coefficient (Wildman–Crippen LogP) is 8.73. The topological polar surface area (TPSA) is 155 Å². The average Bonchev–Trinajstić information content (AvgIpc) is 3.28. The van der Waals surface area contributed by atoms with E-state index in [9.17, 15) is 29.1 Å². The maximum absolute atomic E-state index is 14.4. The number of allylic oxidation sites excluding steroid dienone is 6. The number of ether oxygens (including phenoxy) is 5. The van der Waals surface area contributed by atoms with Crippen LogP contribution in [0.5, 0.6) is 0 Å². The first-order valence-electron chi connectivity index (χ1n) is 24.6. The highest BCUT2D eigenvalue weighted by Gasteiger charge is 2.53. The van der Waals surface area contributed by atoms with Crippen molar-refractivity contribution in [1.29, 1.82) is 0 Å². The third-order valence-electron chi connectivity index (χ3n) is 15.3. The van der Waals surface area contributed by atoms with Crippen LogP contribution in [0.3, 0.4) is 0 Å². The van der Waals surface area contributed by atoms with Crippen molar-refractivity contribution < 1.29 is 52.8 Å². The number of cyclic esters (lactones) is 1. The van der Waals surface area contributed by atoms with Gasteiger partial charge >= 0.3 is 5.97 Å². The number of fused-ring (bicyclic) bond motifs is 3. The zero-order valence-corrected chi connectivity index (χ0v) is 41.7. The van der Waals surface area contributed by atoms with E-state index in [2.05, 4.69) is 19.9 Å². The molecule has 0 radical (unpaired) electrons. The third kappa shape index (κ3) is 14.4. The lowest BCUT2D eigenvalue weighted by Gasteiger charge is -2.42. The standard InChI is InChI=1S/C53H83NO11/c1-32-18-14-13-15-19-33(2)46(62-11)30-42-24-22-39(8)53(60,65-42)50(57)51(58)54-25-17-16-20-43(54)52(59)64-47(37(6)28-41-23-21-34(3)45(29-41)61-10)31-44(55)36(5)27-35(4)40(9)49(63-12)48(56)38(7)26-32/h13-15,18-19,27,32,34,36-43,45-47,49,60H,16-17,20-26,28-31H2,1-12H3/b15-13?,18-14+,33-19?,35-27+/t32-,34-,36-,37-,38-,39-,40-,41?,42+,43+,45-,46+,47+,49-,53-/m1/s1. The van der Waals surface area contributed by atoms with Crippen molar-refractivity contribution in [3.8, 4) is 0 Å². The van der Waals surface area contributed by atoms with Crippen molar-refractivity contribution in [3.05, 3.63) is 47.6 Å². The number of piperidine rings is 1. The maximum atomic E-state index is 14.4. The van der Waals surface area contributed by atoms with E-state index in [0.29, 0.717) is 56.8 Å². The van der Waals surface area contributed by atoms with Gasteiger partial charge in [0.1, 0.15) is 24.0 Å². The van der Waals surface area contributed by atoms with Gasteiger partial charge in [0.05, 0.1) is 18.3 Å². The van der Waals surface area contributed by atoms with Crippen LogP contribution in [0.1, 0.15) is 139 Å². The Morgan fingerprint density at radius 3 is 2.23 bits per heavy atom. The molecule has 1 aliphatic carbocycles. The second kappa shape index (κ2) is 25.2. The molecule has 12 heteroatoms. The van der Waals surface area contributed by atoms with Gasteiger partial charge in [0.25, 0.3) is 11.7 Å². The maximum Gasteiger partial charge on any atom is 0.329 e. The Hall–Kier alpha value is -3.29. The van der Waals surface area contributed by atoms with Gasteiger partial charge in [0.15, 0.2) is 5.78 Å². The summed E-state index contributed by atoms with van der Waals surface area (Å²) in [7, 11) is 4.90. The van der Waals surface area contributed by atoms with Gasteiger partial charge in [-0.05, 0) is 107 Å². The number of hydrogen-bond donors (Lipinski definition) is 1. The van der Waals surface area contributed by atoms with Crippen molar-refractivity contribution >= 4 is 29.2 Å². The SMILES string of the molecule is CO[C@H]1C[C@@H]2CC[C@@H](C)[C@@](O)(O2)C(=O)C(=O)N2CCCC[C@H]2C(=O)O[C@H]([C@H](C)CC2CC[C@@H](C)[C@H](OC)C2)CC(=O)[C@H](C)/C=C(\C)[C@@H](C)[C@@H](OC)C(=O)[C@H](C)C[C@H](C)/C=C/C=CC=C1C. The Morgan fingerprint density at radius 2 is 1.55 bits per heavy atom. The lowest BCUT2D eigenvalue weighted by Crippen LogP contribution is -2.61. The van der Waals surface area contributed by atoms with Gasteiger partial charge in [-0.1, -0.05) is 90.5 Å². The van der Waals surface area contributed by atoms with Crippen molar-refractivity contribution in [2.45, 2.75) is 182 Å². The molecular weight excluding hydrogens is 827 g/mol. The summed E-state index contributed by atoms with van der Waals surface area (Å²) >= 11 is 0. The molecule has 2 saturated heterocycles. The second-order valence-electron chi connectivity index (χ2n) is 20.3. The molecule has 3 aliphatic heterocycles. The van der Waals surface area contributed by atoms with Gasteiger partial charge in [0, 0.05) is 64.4 Å². The molecule has 0 aromatic rings. The van der Waals surface area contributed by atoms with Gasteiger partial charge in [-0.25, -0.2) is 4.79 Å². The van der Waals surface area contributed by atoms with Crippen LogP contribution in [-0.4, -0.2) is 109 Å². The molecule has 0 aromatic heterocycles. The van der Waals surface area contributed by atoms with E-state index in [1.807, 2.05) is 71.9 Å². The largest absolute Gasteiger partial charge is 0.460 e. The number of amides is 1. The van der Waals surface area contributed by atoms with Gasteiger partial charge < -0.3 is 33.7 Å². The summed E-state index contributed by atoms with van der Waals surface area (Å²) in [5, 5.41) is 12.0. The Morgan fingerprint density at radius 1 is 0.831 bits per heavy atom. The molecule has 15 atom stereocenters. The number of esters is 1. The van der Waals surface area contributed by atoms with Gasteiger partial charge in [-0.2, -0.15) is 0 Å². The third-order valence-corrected chi connectivity index (χ3v) is 15.3. The van der Waals surface area contributed by atoms with Crippen LogP contribution >= 0.6 is 0 Å². The summed E-state index contributed by atoms with van der Waals surface area (Å²) < 4.78 is 30.1. The van der Waals surface area contributed by atoms with Crippen LogP contribution in [0.4, 0.5) is 0 Å². The van der Waals surface area contributed by atoms with E-state index in [1.165, 1.54) is 4.90 Å². The molecule has 1 saturated carbocycles. The minimum absolute atomic E-state index is 0.0102. The van der Waals surface area contributed by atoms with E-state index < -0.39 is 59.6 Å². The molecule has 1 amide bonds. The van der Waals surface area contributed by atoms with Crippen molar-refractivity contribution in [2.75, 3.05) is 27.9 Å². The molecule has 0 aromatic carbocycles. The molecule has 3 heterocycles. The molecule has 0 spiro atoms. The fourth-order valence-corrected chi connectivity index (χ4v) is 10.6. The molecule has 4 aliphatic rings. The first-order valence-corrected chi connectivity index (χ1v) is 24.6. The molecule has 4 rings (SSSR count). The minimum Gasteiger partial charge on any atom is -0.460 e. The van der Waals surface area contributed by atoms with Crippen molar-refractivity contribution in [2.24, 2.45) is 47.3 Å². The van der Waals surface area contributed by atoms with Gasteiger partial charge in [-0.3, -0.25) is 19.2 Å². The van der Waals surface area contributed by atoms with Crippen LogP contribution in [0.2, 0.25) is 0 Å². The van der Waals surface area contributed by atoms with Crippen LogP contribution < -0.4 is 0 Å². The monoisotopic (exact) mass is 910 g/mol. The molecule has 1 N–H and O–H groups in total. The van der Waals surface area contributed by atoms with E-state index >= 15 is 0 Å². The Labute approximate surface area is 390 Å². The smallest absolute Gasteiger partial charge is 0.329 e. The zero-order valence-electron chi connectivity index (χ0n) is 41.7. The zero-order chi connectivity index (χ0) is 48.2. The quantitative estimate of drug-likeness (QED) is 0.155. The summed E-state index contributed by atoms with van der Waals surface area (Å²) in [6.07, 6.45) is 16.4. The highest BCUT2D eigenvalue weighted by molar-refractivity contribution is 6.39. The van der Waals surface area contributed by atoms with E-state index in [-0.39, 0.29) is 66.8 Å². The highest BCUT2D eigenvalue weighted by atomic mass is 16.6. The lowest BCUT2D eigenvalue weighted by atomic mass is 9.76. The number of nitrogens with zero attached hydrogens (tertiary/aromatic N) is 1. The summed E-state index contributed by atoms with van der Waals surface area (Å²) in [6.45, 7) is 17.7. The summed E-state index contributed by atoms with van der Waals surface area (Å²) in [6, 6.07) is -1.07. The molecule has 3 fully saturated rings. The highest BCUT2D eigenvalue weighted by Crippen LogP contribution is 2.38. The molecule has 65 heavy (non-hydrogen) atoms. The molecule has 12 nitrogen and oxygen atoms in total. The van der Waals surface area contributed by atoms with E-state index in [1.54, 1.807) is 28.3 Å². The number of ketones is 3. The lowest BCUT2D eigenvalue weighted by molar-refractivity contribution is -0.265. The molecular formula is C53H83NO11. The molecule has 366 valence electrons. The van der Waals surface area contributed by atoms with Gasteiger partial charge in [-0.15, -0.1) is 0 Å². The summed E-state index contributed by atoms with van der Waals surface area (Å²) in [5.41, 5.74) is 1.77. The number of Topliss-reactive ketones (excluding diaryl/α,β-unsaturated/α-hetero) is 3. The Kier molecular flexibility index (Phi) is 21.0. The summed E-state index contributed by atoms with van der Waals surface area (Å²) in [4.78, 5) is 72.3. The number of aliphatic hydroxyl groups is 1. The van der Waals surface area contributed by atoms with E-state index in [4.69, 9.17) is 23.7 Å². The number of hydrogen-bond acceptors (Lipinski definition) is 11. The number of carbonyl (C=O) groups excluding carboxylic acids is 5. The Bertz CT molecular complexity index is 1750. The van der Waals surface area contributed by atoms with Gasteiger partial charge in [0.2, 0.25) is 5.79 Å². The number of rotatable bonds is 6. The fourth-order valence-electron chi connectivity index (χ4n) is 10.6. The molecule has 1 unspecified atom stereocenters. The van der Waals surface area contributed by atoms with Crippen LogP contribution in [0.15, 0.2) is 47.6 Å². The Balaban J connectivity index is 1.70. The first-order chi connectivity index (χ1) is 30.7. The predicted molar refractivity (Wildman–Crippen MR) is 251 cm³/mol. The minimum atomic E-state index is -2.39. The van der Waals surface area contributed by atoms with Crippen LogP contribution in [0.25, 0.3) is 0 Å². The van der Waals surface area contributed by atoms with Crippen LogP contribution in [-0.2, 0) is 47.7 Å². The molecule has 2 bridgehead atoms. The first kappa shape index (κ1) is 54.3. The van der Waals surface area contributed by atoms with E-state index in [0.717, 1.165) is 30.4 Å². The average molecular weight is 910 g/mol. The van der Waals surface area contributed by atoms with Crippen molar-refractivity contribution in [3.63, 3.8) is 0 Å². The normalized spacial score (nSPS) is 39.1. The van der Waals surface area contributed by atoms with Crippen LogP contribution in [0, 0.1) is 47.3 Å². The fraction of sp³-hybridized carbons (Fsp3) is 0.755. The number of methoxy groups -OCH3 is 3. The number of carbonyl (C=O) groups is 5. The summed E-state index contributed by atoms with van der Waals surface area (Å²) in [5.74, 6) is -6.38.